The molecule has 1 saturated heterocycles. The molecule has 8 heteroatoms. The standard InChI is InChI=1S/C12H17ClN2O4S/c1-15-8-10(20(13,17)18)6-11(15)12(16)14-7-9-4-2-3-5-19-9/h6,8-9H,2-5,7H2,1H3,(H,14,16). The van der Waals surface area contributed by atoms with Gasteiger partial charge in [-0.05, 0) is 25.3 Å². The number of hydrogen-bond acceptors (Lipinski definition) is 4. The molecular weight excluding hydrogens is 304 g/mol. The largest absolute Gasteiger partial charge is 0.376 e. The minimum Gasteiger partial charge on any atom is -0.376 e. The molecule has 1 fully saturated rings. The Morgan fingerprint density at radius 3 is 2.85 bits per heavy atom. The zero-order valence-corrected chi connectivity index (χ0v) is 12.7. The molecule has 0 bridgehead atoms. The van der Waals surface area contributed by atoms with Gasteiger partial charge in [0.05, 0.1) is 6.10 Å². The van der Waals surface area contributed by atoms with Crippen LogP contribution in [0.15, 0.2) is 17.2 Å². The number of rotatable bonds is 4. The number of hydrogen-bond donors (Lipinski definition) is 1. The van der Waals surface area contributed by atoms with Crippen molar-refractivity contribution in [2.75, 3.05) is 13.2 Å². The molecule has 1 N–H and O–H groups in total. The Bertz CT molecular complexity index is 591. The number of carbonyl (C=O) groups is 1. The van der Waals surface area contributed by atoms with Crippen molar-refractivity contribution in [3.8, 4) is 0 Å². The molecule has 0 aromatic carbocycles. The second-order valence-electron chi connectivity index (χ2n) is 4.81. The Morgan fingerprint density at radius 1 is 1.55 bits per heavy atom. The van der Waals surface area contributed by atoms with Crippen molar-refractivity contribution in [2.45, 2.75) is 30.3 Å². The summed E-state index contributed by atoms with van der Waals surface area (Å²) in [6, 6.07) is 1.26. The Balaban J connectivity index is 2.00. The number of ether oxygens (including phenoxy) is 1. The number of nitrogens with one attached hydrogen (secondary N) is 1. The molecule has 0 saturated carbocycles. The van der Waals surface area contributed by atoms with E-state index in [1.807, 2.05) is 0 Å². The molecule has 1 amide bonds. The quantitative estimate of drug-likeness (QED) is 0.847. The first-order chi connectivity index (χ1) is 9.38. The van der Waals surface area contributed by atoms with E-state index >= 15 is 0 Å². The normalized spacial score (nSPS) is 19.8. The molecule has 0 radical (unpaired) electrons. The molecule has 112 valence electrons. The summed E-state index contributed by atoms with van der Waals surface area (Å²) in [7, 11) is 3.02. The van der Waals surface area contributed by atoms with Gasteiger partial charge in [0.2, 0.25) is 0 Å². The number of carbonyl (C=O) groups excluding carboxylic acids is 1. The van der Waals surface area contributed by atoms with Gasteiger partial charge in [0.15, 0.2) is 0 Å². The predicted octanol–water partition coefficient (Wildman–Crippen LogP) is 1.25. The molecule has 1 aliphatic heterocycles. The molecule has 20 heavy (non-hydrogen) atoms. The molecule has 1 unspecified atom stereocenters. The summed E-state index contributed by atoms with van der Waals surface area (Å²) in [6.45, 7) is 1.15. The Morgan fingerprint density at radius 2 is 2.30 bits per heavy atom. The fourth-order valence-corrected chi connectivity index (χ4v) is 2.95. The Kier molecular flexibility index (Phi) is 4.72. The van der Waals surface area contributed by atoms with Gasteiger partial charge < -0.3 is 14.6 Å². The van der Waals surface area contributed by atoms with Crippen molar-refractivity contribution in [1.82, 2.24) is 9.88 Å². The van der Waals surface area contributed by atoms with Gasteiger partial charge in [-0.3, -0.25) is 4.79 Å². The average molecular weight is 321 g/mol. The molecule has 1 atom stereocenters. The lowest BCUT2D eigenvalue weighted by molar-refractivity contribution is 0.0168. The van der Waals surface area contributed by atoms with Crippen molar-refractivity contribution >= 4 is 25.6 Å². The highest BCUT2D eigenvalue weighted by atomic mass is 35.7. The summed E-state index contributed by atoms with van der Waals surface area (Å²) in [6.07, 6.45) is 4.42. The van der Waals surface area contributed by atoms with Crippen LogP contribution in [0.2, 0.25) is 0 Å². The average Bonchev–Trinajstić information content (AvgIpc) is 2.79. The van der Waals surface area contributed by atoms with Crippen molar-refractivity contribution in [2.24, 2.45) is 7.05 Å². The van der Waals surface area contributed by atoms with E-state index in [9.17, 15) is 13.2 Å². The van der Waals surface area contributed by atoms with Crippen molar-refractivity contribution in [1.29, 1.82) is 0 Å². The van der Waals surface area contributed by atoms with Crippen LogP contribution in [0.1, 0.15) is 29.8 Å². The molecule has 2 rings (SSSR count). The fraction of sp³-hybridized carbons (Fsp3) is 0.583. The fourth-order valence-electron chi connectivity index (χ4n) is 2.16. The van der Waals surface area contributed by atoms with E-state index in [0.717, 1.165) is 25.9 Å². The second-order valence-corrected chi connectivity index (χ2v) is 7.37. The lowest BCUT2D eigenvalue weighted by Crippen LogP contribution is -2.36. The first kappa shape index (κ1) is 15.3. The molecular formula is C12H17ClN2O4S. The van der Waals surface area contributed by atoms with Crippen LogP contribution in [-0.4, -0.2) is 38.1 Å². The van der Waals surface area contributed by atoms with Gasteiger partial charge in [-0.15, -0.1) is 0 Å². The second kappa shape index (κ2) is 6.15. The van der Waals surface area contributed by atoms with Crippen LogP contribution >= 0.6 is 10.7 Å². The van der Waals surface area contributed by atoms with Gasteiger partial charge in [0, 0.05) is 37.1 Å². The minimum atomic E-state index is -3.83. The maximum Gasteiger partial charge on any atom is 0.268 e. The van der Waals surface area contributed by atoms with Gasteiger partial charge in [-0.2, -0.15) is 0 Å². The van der Waals surface area contributed by atoms with Crippen LogP contribution in [0.5, 0.6) is 0 Å². The molecule has 2 heterocycles. The highest BCUT2D eigenvalue weighted by molar-refractivity contribution is 8.13. The van der Waals surface area contributed by atoms with Gasteiger partial charge >= 0.3 is 0 Å². The monoisotopic (exact) mass is 320 g/mol. The first-order valence-corrected chi connectivity index (χ1v) is 8.69. The molecule has 0 aliphatic carbocycles. The lowest BCUT2D eigenvalue weighted by Gasteiger charge is -2.22. The Hall–Kier alpha value is -1.05. The summed E-state index contributed by atoms with van der Waals surface area (Å²) in [5.74, 6) is -0.340. The lowest BCUT2D eigenvalue weighted by atomic mass is 10.1. The van der Waals surface area contributed by atoms with Gasteiger partial charge in [0.1, 0.15) is 10.6 Å². The van der Waals surface area contributed by atoms with Crippen molar-refractivity contribution in [3.05, 3.63) is 18.0 Å². The van der Waals surface area contributed by atoms with Gasteiger partial charge in [-0.1, -0.05) is 0 Å². The van der Waals surface area contributed by atoms with Crippen molar-refractivity contribution < 1.29 is 17.9 Å². The summed E-state index contributed by atoms with van der Waals surface area (Å²) in [5, 5.41) is 2.75. The third-order valence-corrected chi connectivity index (χ3v) is 4.58. The van der Waals surface area contributed by atoms with E-state index in [0.29, 0.717) is 6.54 Å². The highest BCUT2D eigenvalue weighted by Gasteiger charge is 2.20. The van der Waals surface area contributed by atoms with Crippen LogP contribution in [-0.2, 0) is 20.8 Å². The zero-order valence-electron chi connectivity index (χ0n) is 11.1. The third kappa shape index (κ3) is 3.74. The van der Waals surface area contributed by atoms with Crippen LogP contribution in [0, 0.1) is 0 Å². The van der Waals surface area contributed by atoms with Crippen LogP contribution in [0.3, 0.4) is 0 Å². The topological polar surface area (TPSA) is 77.4 Å². The summed E-state index contributed by atoms with van der Waals surface area (Å²) in [4.78, 5) is 11.9. The van der Waals surface area contributed by atoms with E-state index in [-0.39, 0.29) is 22.6 Å². The summed E-state index contributed by atoms with van der Waals surface area (Å²) >= 11 is 0. The van der Waals surface area contributed by atoms with Crippen LogP contribution in [0.4, 0.5) is 0 Å². The SMILES string of the molecule is Cn1cc(S(=O)(=O)Cl)cc1C(=O)NCC1CCCCO1. The van der Waals surface area contributed by atoms with E-state index in [1.165, 1.54) is 16.8 Å². The zero-order chi connectivity index (χ0) is 14.8. The molecule has 1 aliphatic rings. The highest BCUT2D eigenvalue weighted by Crippen LogP contribution is 2.18. The molecule has 1 aromatic heterocycles. The molecule has 6 nitrogen and oxygen atoms in total. The van der Waals surface area contributed by atoms with E-state index in [2.05, 4.69) is 5.32 Å². The number of halogens is 1. The summed E-state index contributed by atoms with van der Waals surface area (Å²) in [5.41, 5.74) is 0.250. The van der Waals surface area contributed by atoms with Crippen LogP contribution < -0.4 is 5.32 Å². The maximum absolute atomic E-state index is 12.0. The predicted molar refractivity (Wildman–Crippen MR) is 74.4 cm³/mol. The third-order valence-electron chi connectivity index (χ3n) is 3.26. The van der Waals surface area contributed by atoms with Gasteiger partial charge in [0.25, 0.3) is 15.0 Å². The number of amides is 1. The van der Waals surface area contributed by atoms with Gasteiger partial charge in [-0.25, -0.2) is 8.42 Å². The van der Waals surface area contributed by atoms with Crippen molar-refractivity contribution in [3.63, 3.8) is 0 Å². The van der Waals surface area contributed by atoms with E-state index < -0.39 is 9.05 Å². The van der Waals surface area contributed by atoms with E-state index in [4.69, 9.17) is 15.4 Å². The number of aromatic nitrogens is 1. The summed E-state index contributed by atoms with van der Waals surface area (Å²) < 4.78 is 29.4. The number of aryl methyl sites for hydroxylation is 1. The molecule has 0 spiro atoms. The van der Waals surface area contributed by atoms with Crippen LogP contribution in [0.25, 0.3) is 0 Å². The number of nitrogens with zero attached hydrogens (tertiary/aromatic N) is 1. The first-order valence-electron chi connectivity index (χ1n) is 6.39. The Labute approximate surface area is 122 Å². The smallest absolute Gasteiger partial charge is 0.268 e. The van der Waals surface area contributed by atoms with E-state index in [1.54, 1.807) is 7.05 Å². The molecule has 1 aromatic rings. The maximum atomic E-state index is 12.0. The minimum absolute atomic E-state index is 0.0317.